The lowest BCUT2D eigenvalue weighted by atomic mass is 10.0. The largest absolute Gasteiger partial charge is 0.495 e. The van der Waals surface area contributed by atoms with Crippen molar-refractivity contribution in [3.8, 4) is 5.75 Å². The van der Waals surface area contributed by atoms with E-state index < -0.39 is 5.97 Å². The smallest absolute Gasteiger partial charge is 0.335 e. The quantitative estimate of drug-likeness (QED) is 0.681. The Labute approximate surface area is 124 Å². The average molecular weight is 294 g/mol. The zero-order chi connectivity index (χ0) is 15.8. The highest BCUT2D eigenvalue weighted by Gasteiger charge is 2.12. The summed E-state index contributed by atoms with van der Waals surface area (Å²) >= 11 is 0. The second-order valence-electron chi connectivity index (χ2n) is 4.99. The summed E-state index contributed by atoms with van der Waals surface area (Å²) in [7, 11) is 1.47. The van der Waals surface area contributed by atoms with Crippen molar-refractivity contribution in [1.82, 2.24) is 0 Å². The van der Waals surface area contributed by atoms with Gasteiger partial charge in [-0.25, -0.2) is 4.79 Å². The van der Waals surface area contributed by atoms with Gasteiger partial charge in [-0.15, -0.1) is 0 Å². The molecular formula is C15H22N2O4. The number of nitrogens with one attached hydrogen (secondary N) is 1. The predicted molar refractivity (Wildman–Crippen MR) is 80.7 cm³/mol. The van der Waals surface area contributed by atoms with Crippen LogP contribution in [0.1, 0.15) is 36.5 Å². The van der Waals surface area contributed by atoms with Gasteiger partial charge in [0, 0.05) is 6.42 Å². The molecule has 6 nitrogen and oxygen atoms in total. The first-order valence-electron chi connectivity index (χ1n) is 6.89. The number of nitrogens with two attached hydrogens (primary N) is 1. The summed E-state index contributed by atoms with van der Waals surface area (Å²) in [6.45, 7) is 2.66. The van der Waals surface area contributed by atoms with E-state index in [0.29, 0.717) is 30.3 Å². The Bertz CT molecular complexity index is 502. The molecule has 0 bridgehead atoms. The molecule has 0 aliphatic carbocycles. The molecule has 0 fully saturated rings. The summed E-state index contributed by atoms with van der Waals surface area (Å²) in [5, 5.41) is 11.7. The number of carbonyl (C=O) groups is 2. The van der Waals surface area contributed by atoms with Crippen LogP contribution in [0.4, 0.5) is 5.69 Å². The van der Waals surface area contributed by atoms with E-state index in [9.17, 15) is 9.59 Å². The maximum absolute atomic E-state index is 11.9. The van der Waals surface area contributed by atoms with Gasteiger partial charge >= 0.3 is 5.97 Å². The van der Waals surface area contributed by atoms with Crippen molar-refractivity contribution in [2.24, 2.45) is 11.7 Å². The van der Waals surface area contributed by atoms with Crippen molar-refractivity contribution in [3.05, 3.63) is 23.8 Å². The molecule has 1 rings (SSSR count). The first-order chi connectivity index (χ1) is 9.97. The Kier molecular flexibility index (Phi) is 6.68. The maximum atomic E-state index is 11.9. The van der Waals surface area contributed by atoms with Crippen molar-refractivity contribution >= 4 is 17.6 Å². The molecule has 1 atom stereocenters. The van der Waals surface area contributed by atoms with Crippen LogP contribution in [-0.4, -0.2) is 30.6 Å². The second-order valence-corrected chi connectivity index (χ2v) is 4.99. The highest BCUT2D eigenvalue weighted by atomic mass is 16.5. The van der Waals surface area contributed by atoms with Crippen molar-refractivity contribution in [2.75, 3.05) is 19.0 Å². The lowest BCUT2D eigenvalue weighted by molar-refractivity contribution is -0.116. The molecule has 1 amide bonds. The Balaban J connectivity index is 2.70. The molecule has 0 aliphatic heterocycles. The van der Waals surface area contributed by atoms with Crippen LogP contribution in [0.2, 0.25) is 0 Å². The van der Waals surface area contributed by atoms with Gasteiger partial charge in [-0.2, -0.15) is 0 Å². The van der Waals surface area contributed by atoms with Crippen LogP contribution in [0.3, 0.4) is 0 Å². The van der Waals surface area contributed by atoms with Crippen LogP contribution < -0.4 is 15.8 Å². The van der Waals surface area contributed by atoms with E-state index in [2.05, 4.69) is 5.32 Å². The third-order valence-corrected chi connectivity index (χ3v) is 3.24. The third kappa shape index (κ3) is 5.43. The molecule has 0 aromatic heterocycles. The van der Waals surface area contributed by atoms with E-state index in [4.69, 9.17) is 15.6 Å². The van der Waals surface area contributed by atoms with Gasteiger partial charge in [-0.1, -0.05) is 6.92 Å². The minimum atomic E-state index is -1.05. The minimum Gasteiger partial charge on any atom is -0.495 e. The van der Waals surface area contributed by atoms with Gasteiger partial charge in [0.1, 0.15) is 5.75 Å². The SMILES string of the molecule is COc1ccc(C(=O)O)cc1NC(=O)CCC(C)CCN. The van der Waals surface area contributed by atoms with Crippen LogP contribution in [0.25, 0.3) is 0 Å². The first kappa shape index (κ1) is 17.0. The number of hydrogen-bond donors (Lipinski definition) is 3. The summed E-state index contributed by atoms with van der Waals surface area (Å²) in [6.07, 6.45) is 1.98. The molecule has 4 N–H and O–H groups in total. The van der Waals surface area contributed by atoms with E-state index in [1.807, 2.05) is 6.92 Å². The number of anilines is 1. The highest BCUT2D eigenvalue weighted by molar-refractivity contribution is 5.95. The normalized spacial score (nSPS) is 11.8. The van der Waals surface area contributed by atoms with Crippen molar-refractivity contribution in [1.29, 1.82) is 0 Å². The summed E-state index contributed by atoms with van der Waals surface area (Å²) < 4.78 is 5.12. The zero-order valence-electron chi connectivity index (χ0n) is 12.4. The fourth-order valence-electron chi connectivity index (χ4n) is 1.96. The van der Waals surface area contributed by atoms with E-state index in [1.54, 1.807) is 0 Å². The van der Waals surface area contributed by atoms with Crippen LogP contribution in [0.15, 0.2) is 18.2 Å². The molecule has 0 spiro atoms. The van der Waals surface area contributed by atoms with Crippen molar-refractivity contribution in [3.63, 3.8) is 0 Å². The number of amides is 1. The van der Waals surface area contributed by atoms with Gasteiger partial charge in [0.25, 0.3) is 0 Å². The molecule has 1 aromatic carbocycles. The molecule has 1 aromatic rings. The van der Waals surface area contributed by atoms with E-state index >= 15 is 0 Å². The van der Waals surface area contributed by atoms with Crippen molar-refractivity contribution < 1.29 is 19.4 Å². The van der Waals surface area contributed by atoms with Crippen LogP contribution in [0.5, 0.6) is 5.75 Å². The van der Waals surface area contributed by atoms with Crippen LogP contribution in [-0.2, 0) is 4.79 Å². The van der Waals surface area contributed by atoms with Crippen LogP contribution >= 0.6 is 0 Å². The molecule has 0 saturated carbocycles. The average Bonchev–Trinajstić information content (AvgIpc) is 2.45. The third-order valence-electron chi connectivity index (χ3n) is 3.24. The number of benzene rings is 1. The number of ether oxygens (including phenoxy) is 1. The Hall–Kier alpha value is -2.08. The standard InChI is InChI=1S/C15H22N2O4/c1-10(7-8-16)3-6-14(18)17-12-9-11(15(19)20)4-5-13(12)21-2/h4-5,9-10H,3,6-8,16H2,1-2H3,(H,17,18)(H,19,20). The van der Waals surface area contributed by atoms with Gasteiger partial charge in [0.05, 0.1) is 18.4 Å². The van der Waals surface area contributed by atoms with E-state index in [-0.39, 0.29) is 11.5 Å². The molecule has 0 aliphatic rings. The summed E-state index contributed by atoms with van der Waals surface area (Å²) in [5.41, 5.74) is 5.94. The molecule has 0 saturated heterocycles. The fraction of sp³-hybridized carbons (Fsp3) is 0.467. The highest BCUT2D eigenvalue weighted by Crippen LogP contribution is 2.26. The molecule has 0 heterocycles. The monoisotopic (exact) mass is 294 g/mol. The van der Waals surface area contributed by atoms with Crippen LogP contribution in [0, 0.1) is 5.92 Å². The maximum Gasteiger partial charge on any atom is 0.335 e. The summed E-state index contributed by atoms with van der Waals surface area (Å²) in [5.74, 6) is -0.402. The number of carboxylic acids is 1. The molecule has 0 radical (unpaired) electrons. The van der Waals surface area contributed by atoms with Gasteiger partial charge < -0.3 is 20.9 Å². The molecule has 6 heteroatoms. The Morgan fingerprint density at radius 2 is 2.10 bits per heavy atom. The summed E-state index contributed by atoms with van der Waals surface area (Å²) in [6, 6.07) is 4.35. The molecular weight excluding hydrogens is 272 g/mol. The summed E-state index contributed by atoms with van der Waals surface area (Å²) in [4.78, 5) is 22.9. The number of rotatable bonds is 8. The number of carbonyl (C=O) groups excluding carboxylic acids is 1. The van der Waals surface area contributed by atoms with Crippen molar-refractivity contribution in [2.45, 2.75) is 26.2 Å². The fourth-order valence-corrected chi connectivity index (χ4v) is 1.96. The lowest BCUT2D eigenvalue weighted by Gasteiger charge is -2.12. The Morgan fingerprint density at radius 3 is 2.67 bits per heavy atom. The molecule has 116 valence electrons. The second kappa shape index (κ2) is 8.26. The number of carboxylic acid groups (broad SMARTS) is 1. The van der Waals surface area contributed by atoms with Gasteiger partial charge in [0.2, 0.25) is 5.91 Å². The number of hydrogen-bond acceptors (Lipinski definition) is 4. The predicted octanol–water partition coefficient (Wildman–Crippen LogP) is 2.10. The van der Waals surface area contributed by atoms with E-state index in [1.165, 1.54) is 25.3 Å². The molecule has 1 unspecified atom stereocenters. The van der Waals surface area contributed by atoms with Gasteiger partial charge in [0.15, 0.2) is 0 Å². The topological polar surface area (TPSA) is 102 Å². The minimum absolute atomic E-state index is 0.0996. The molecule has 21 heavy (non-hydrogen) atoms. The number of aromatic carboxylic acids is 1. The zero-order valence-corrected chi connectivity index (χ0v) is 12.4. The first-order valence-corrected chi connectivity index (χ1v) is 6.89. The van der Waals surface area contributed by atoms with E-state index in [0.717, 1.165) is 12.8 Å². The van der Waals surface area contributed by atoms with Gasteiger partial charge in [-0.05, 0) is 43.5 Å². The Morgan fingerprint density at radius 1 is 1.38 bits per heavy atom. The number of methoxy groups -OCH3 is 1. The lowest BCUT2D eigenvalue weighted by Crippen LogP contribution is -2.15. The van der Waals surface area contributed by atoms with Gasteiger partial charge in [-0.3, -0.25) is 4.79 Å².